The van der Waals surface area contributed by atoms with Crippen LogP contribution in [0.25, 0.3) is 17.0 Å². The smallest absolute Gasteiger partial charge is 0.232 e. The molecule has 4 rings (SSSR count). The highest BCUT2D eigenvalue weighted by atomic mass is 16.5. The van der Waals surface area contributed by atoms with Gasteiger partial charge in [0, 0.05) is 18.7 Å². The molecular formula is C15H13N7O. The lowest BCUT2D eigenvalue weighted by Gasteiger charge is -2.04. The van der Waals surface area contributed by atoms with Crippen molar-refractivity contribution in [1.82, 2.24) is 34.6 Å². The Morgan fingerprint density at radius 3 is 2.65 bits per heavy atom. The number of nitrogens with zero attached hydrogens (tertiary/aromatic N) is 7. The van der Waals surface area contributed by atoms with Gasteiger partial charge in [0.15, 0.2) is 23.9 Å². The summed E-state index contributed by atoms with van der Waals surface area (Å²) < 4.78 is 8.94. The molecule has 1 aromatic carbocycles. The zero-order valence-corrected chi connectivity index (χ0v) is 12.4. The first-order chi connectivity index (χ1) is 11.3. The molecule has 0 atom stereocenters. The SMILES string of the molecule is Cn1cnc(COc2ccc3nnc(-c4ccccc4)n3n2)n1. The molecule has 3 heterocycles. The van der Waals surface area contributed by atoms with E-state index >= 15 is 0 Å². The van der Waals surface area contributed by atoms with Crippen LogP contribution < -0.4 is 4.74 Å². The Kier molecular flexibility index (Phi) is 3.19. The van der Waals surface area contributed by atoms with Crippen LogP contribution in [0.3, 0.4) is 0 Å². The third kappa shape index (κ3) is 2.61. The van der Waals surface area contributed by atoms with Crippen molar-refractivity contribution in [2.75, 3.05) is 0 Å². The topological polar surface area (TPSA) is 83.0 Å². The van der Waals surface area contributed by atoms with Crippen LogP contribution in [0.15, 0.2) is 48.8 Å². The van der Waals surface area contributed by atoms with E-state index in [1.54, 1.807) is 21.6 Å². The molecular weight excluding hydrogens is 294 g/mol. The van der Waals surface area contributed by atoms with Gasteiger partial charge >= 0.3 is 0 Å². The van der Waals surface area contributed by atoms with Gasteiger partial charge in [0.25, 0.3) is 0 Å². The summed E-state index contributed by atoms with van der Waals surface area (Å²) in [6.07, 6.45) is 1.63. The Labute approximate surface area is 131 Å². The molecule has 0 unspecified atom stereocenters. The van der Waals surface area contributed by atoms with Crippen molar-refractivity contribution in [3.63, 3.8) is 0 Å². The minimum atomic E-state index is 0.252. The van der Waals surface area contributed by atoms with Gasteiger partial charge < -0.3 is 4.74 Å². The second kappa shape index (κ2) is 5.48. The summed E-state index contributed by atoms with van der Waals surface area (Å²) in [7, 11) is 1.81. The van der Waals surface area contributed by atoms with Crippen molar-refractivity contribution in [3.05, 3.63) is 54.6 Å². The molecule has 0 saturated heterocycles. The zero-order valence-electron chi connectivity index (χ0n) is 12.4. The third-order valence-corrected chi connectivity index (χ3v) is 3.27. The molecule has 0 amide bonds. The van der Waals surface area contributed by atoms with E-state index in [2.05, 4.69) is 25.4 Å². The molecule has 8 heteroatoms. The van der Waals surface area contributed by atoms with Gasteiger partial charge in [-0.15, -0.1) is 15.3 Å². The monoisotopic (exact) mass is 307 g/mol. The maximum atomic E-state index is 5.65. The Morgan fingerprint density at radius 2 is 1.87 bits per heavy atom. The van der Waals surface area contributed by atoms with Gasteiger partial charge in [-0.1, -0.05) is 30.3 Å². The highest BCUT2D eigenvalue weighted by Gasteiger charge is 2.10. The number of fused-ring (bicyclic) bond motifs is 1. The summed E-state index contributed by atoms with van der Waals surface area (Å²) in [4.78, 5) is 4.12. The molecule has 114 valence electrons. The van der Waals surface area contributed by atoms with Crippen molar-refractivity contribution >= 4 is 5.65 Å². The fourth-order valence-corrected chi connectivity index (χ4v) is 2.20. The first kappa shape index (κ1) is 13.4. The van der Waals surface area contributed by atoms with Gasteiger partial charge in [-0.3, -0.25) is 4.68 Å². The summed E-state index contributed by atoms with van der Waals surface area (Å²) in [6.45, 7) is 0.252. The lowest BCUT2D eigenvalue weighted by atomic mass is 10.2. The maximum absolute atomic E-state index is 5.65. The van der Waals surface area contributed by atoms with Gasteiger partial charge in [-0.2, -0.15) is 9.61 Å². The summed E-state index contributed by atoms with van der Waals surface area (Å²) in [5.74, 6) is 1.73. The van der Waals surface area contributed by atoms with Crippen LogP contribution in [-0.2, 0) is 13.7 Å². The van der Waals surface area contributed by atoms with E-state index in [1.807, 2.05) is 43.4 Å². The van der Waals surface area contributed by atoms with E-state index in [1.165, 1.54) is 0 Å². The minimum absolute atomic E-state index is 0.252. The number of aromatic nitrogens is 7. The summed E-state index contributed by atoms with van der Waals surface area (Å²) >= 11 is 0. The largest absolute Gasteiger partial charge is 0.468 e. The van der Waals surface area contributed by atoms with Crippen molar-refractivity contribution in [2.45, 2.75) is 6.61 Å². The van der Waals surface area contributed by atoms with Crippen LogP contribution in [-0.4, -0.2) is 34.6 Å². The Bertz CT molecular complexity index is 945. The summed E-state index contributed by atoms with van der Waals surface area (Å²) in [6, 6.07) is 13.3. The Balaban J connectivity index is 1.64. The fraction of sp³-hybridized carbons (Fsp3) is 0.133. The number of hydrogen-bond acceptors (Lipinski definition) is 6. The molecule has 4 aromatic rings. The molecule has 8 nitrogen and oxygen atoms in total. The molecule has 23 heavy (non-hydrogen) atoms. The third-order valence-electron chi connectivity index (χ3n) is 3.27. The van der Waals surface area contributed by atoms with Gasteiger partial charge in [0.05, 0.1) is 0 Å². The minimum Gasteiger partial charge on any atom is -0.468 e. The highest BCUT2D eigenvalue weighted by Crippen LogP contribution is 2.18. The number of benzene rings is 1. The van der Waals surface area contributed by atoms with E-state index in [9.17, 15) is 0 Å². The second-order valence-electron chi connectivity index (χ2n) is 4.95. The van der Waals surface area contributed by atoms with Crippen LogP contribution in [0.1, 0.15) is 5.82 Å². The zero-order chi connectivity index (χ0) is 15.6. The van der Waals surface area contributed by atoms with Crippen LogP contribution in [0, 0.1) is 0 Å². The summed E-state index contributed by atoms with van der Waals surface area (Å²) in [5, 5.41) is 16.9. The van der Waals surface area contributed by atoms with Gasteiger partial charge in [-0.25, -0.2) is 4.98 Å². The van der Waals surface area contributed by atoms with Gasteiger partial charge in [-0.05, 0) is 6.07 Å². The first-order valence-corrected chi connectivity index (χ1v) is 7.05. The molecule has 0 N–H and O–H groups in total. The second-order valence-corrected chi connectivity index (χ2v) is 4.95. The highest BCUT2D eigenvalue weighted by molar-refractivity contribution is 5.58. The lowest BCUT2D eigenvalue weighted by molar-refractivity contribution is 0.279. The first-order valence-electron chi connectivity index (χ1n) is 7.05. The van der Waals surface area contributed by atoms with E-state index in [-0.39, 0.29) is 6.61 Å². The van der Waals surface area contributed by atoms with Crippen molar-refractivity contribution in [2.24, 2.45) is 7.05 Å². The van der Waals surface area contributed by atoms with Crippen molar-refractivity contribution < 1.29 is 4.74 Å². The van der Waals surface area contributed by atoms with E-state index < -0.39 is 0 Å². The molecule has 0 fully saturated rings. The Morgan fingerprint density at radius 1 is 1.00 bits per heavy atom. The molecule has 0 aliphatic heterocycles. The summed E-state index contributed by atoms with van der Waals surface area (Å²) in [5.41, 5.74) is 1.60. The molecule has 0 aliphatic rings. The fourth-order valence-electron chi connectivity index (χ4n) is 2.20. The normalized spacial score (nSPS) is 11.0. The van der Waals surface area contributed by atoms with Crippen LogP contribution in [0.5, 0.6) is 5.88 Å². The van der Waals surface area contributed by atoms with Crippen LogP contribution in [0.4, 0.5) is 0 Å². The average Bonchev–Trinajstić information content (AvgIpc) is 3.19. The van der Waals surface area contributed by atoms with Crippen molar-refractivity contribution in [1.29, 1.82) is 0 Å². The van der Waals surface area contributed by atoms with Gasteiger partial charge in [0.2, 0.25) is 5.88 Å². The number of rotatable bonds is 4. The lowest BCUT2D eigenvalue weighted by Crippen LogP contribution is -2.03. The Hall–Kier alpha value is -3.29. The molecule has 3 aromatic heterocycles. The van der Waals surface area contributed by atoms with Gasteiger partial charge in [0.1, 0.15) is 6.33 Å². The standard InChI is InChI=1S/C15H13N7O/c1-21-10-16-12(19-21)9-23-14-8-7-13-17-18-15(22(13)20-14)11-5-3-2-4-6-11/h2-8,10H,9H2,1H3. The number of ether oxygens (including phenoxy) is 1. The van der Waals surface area contributed by atoms with Crippen LogP contribution >= 0.6 is 0 Å². The maximum Gasteiger partial charge on any atom is 0.232 e. The predicted molar refractivity (Wildman–Crippen MR) is 81.6 cm³/mol. The number of hydrogen-bond donors (Lipinski definition) is 0. The molecule has 0 spiro atoms. The predicted octanol–water partition coefficient (Wildman–Crippen LogP) is 1.50. The molecule has 0 aliphatic carbocycles. The quantitative estimate of drug-likeness (QED) is 0.568. The van der Waals surface area contributed by atoms with E-state index in [0.717, 1.165) is 5.56 Å². The number of aryl methyl sites for hydroxylation is 1. The molecule has 0 radical (unpaired) electrons. The molecule has 0 saturated carbocycles. The van der Waals surface area contributed by atoms with E-state index in [4.69, 9.17) is 4.74 Å². The average molecular weight is 307 g/mol. The molecule has 0 bridgehead atoms. The van der Waals surface area contributed by atoms with Crippen LogP contribution in [0.2, 0.25) is 0 Å². The van der Waals surface area contributed by atoms with E-state index in [0.29, 0.717) is 23.2 Å². The van der Waals surface area contributed by atoms with Crippen molar-refractivity contribution in [3.8, 4) is 17.3 Å².